The zero-order valence-corrected chi connectivity index (χ0v) is 13.3. The van der Waals surface area contributed by atoms with E-state index in [1.54, 1.807) is 6.07 Å². The zero-order chi connectivity index (χ0) is 16.6. The molecule has 1 N–H and O–H groups in total. The van der Waals surface area contributed by atoms with Crippen molar-refractivity contribution < 1.29 is 9.53 Å². The molecule has 0 bridgehead atoms. The van der Waals surface area contributed by atoms with Crippen LogP contribution >= 0.6 is 0 Å². The molecular formula is C19H17NO3. The Hall–Kier alpha value is -2.88. The number of ether oxygens (including phenoxy) is 1. The van der Waals surface area contributed by atoms with E-state index in [0.29, 0.717) is 10.9 Å². The summed E-state index contributed by atoms with van der Waals surface area (Å²) in [5, 5.41) is 1.53. The molecule has 3 rings (SSSR count). The Morgan fingerprint density at radius 2 is 1.83 bits per heavy atom. The topological polar surface area (TPSA) is 59.2 Å². The molecule has 0 aliphatic carbocycles. The number of aromatic amines is 1. The number of rotatable bonds is 2. The lowest BCUT2D eigenvalue weighted by atomic mass is 9.96. The number of nitrogens with one attached hydrogen (secondary N) is 1. The van der Waals surface area contributed by atoms with Gasteiger partial charge in [-0.1, -0.05) is 12.1 Å². The molecule has 0 saturated carbocycles. The summed E-state index contributed by atoms with van der Waals surface area (Å²) < 4.78 is 4.78. The SMILES string of the molecule is COC(=O)c1ccc(C)c(-c2ccc3c(=O)[nH]c(C)cc3c2)c1. The van der Waals surface area contributed by atoms with E-state index < -0.39 is 0 Å². The second kappa shape index (κ2) is 5.72. The van der Waals surface area contributed by atoms with Gasteiger partial charge in [0.05, 0.1) is 12.7 Å². The first kappa shape index (κ1) is 15.0. The van der Waals surface area contributed by atoms with Crippen LogP contribution in [0.25, 0.3) is 21.9 Å². The molecule has 0 spiro atoms. The van der Waals surface area contributed by atoms with Crippen molar-refractivity contribution in [2.45, 2.75) is 13.8 Å². The summed E-state index contributed by atoms with van der Waals surface area (Å²) in [7, 11) is 1.37. The number of hydrogen-bond acceptors (Lipinski definition) is 3. The molecule has 0 fully saturated rings. The molecule has 0 atom stereocenters. The predicted molar refractivity (Wildman–Crippen MR) is 90.8 cm³/mol. The summed E-state index contributed by atoms with van der Waals surface area (Å²) in [6.07, 6.45) is 0. The molecule has 23 heavy (non-hydrogen) atoms. The molecule has 4 heteroatoms. The Balaban J connectivity index is 2.20. The molecule has 0 radical (unpaired) electrons. The maximum Gasteiger partial charge on any atom is 0.337 e. The van der Waals surface area contributed by atoms with Crippen molar-refractivity contribution in [1.29, 1.82) is 0 Å². The van der Waals surface area contributed by atoms with Crippen LogP contribution in [-0.2, 0) is 4.74 Å². The summed E-state index contributed by atoms with van der Waals surface area (Å²) >= 11 is 0. The van der Waals surface area contributed by atoms with E-state index in [1.165, 1.54) is 7.11 Å². The quantitative estimate of drug-likeness (QED) is 0.736. The van der Waals surface area contributed by atoms with Crippen LogP contribution in [0.15, 0.2) is 47.3 Å². The van der Waals surface area contributed by atoms with Crippen LogP contribution < -0.4 is 5.56 Å². The first-order valence-electron chi connectivity index (χ1n) is 7.32. The number of carbonyl (C=O) groups excluding carboxylic acids is 1. The van der Waals surface area contributed by atoms with E-state index in [0.717, 1.165) is 27.8 Å². The smallest absolute Gasteiger partial charge is 0.337 e. The molecule has 4 nitrogen and oxygen atoms in total. The fraction of sp³-hybridized carbons (Fsp3) is 0.158. The van der Waals surface area contributed by atoms with Crippen LogP contribution in [0.2, 0.25) is 0 Å². The summed E-state index contributed by atoms with van der Waals surface area (Å²) in [6, 6.07) is 13.1. The normalized spacial score (nSPS) is 10.7. The van der Waals surface area contributed by atoms with Crippen LogP contribution in [0.1, 0.15) is 21.6 Å². The maximum atomic E-state index is 12.0. The predicted octanol–water partition coefficient (Wildman–Crippen LogP) is 3.60. The Kier molecular flexibility index (Phi) is 3.74. The molecular weight excluding hydrogens is 290 g/mol. The average Bonchev–Trinajstić information content (AvgIpc) is 2.53. The molecule has 1 heterocycles. The Morgan fingerprint density at radius 3 is 2.57 bits per heavy atom. The summed E-state index contributed by atoms with van der Waals surface area (Å²) in [4.78, 5) is 26.5. The van der Waals surface area contributed by atoms with Crippen molar-refractivity contribution in [3.8, 4) is 11.1 Å². The fourth-order valence-electron chi connectivity index (χ4n) is 2.75. The van der Waals surface area contributed by atoms with E-state index >= 15 is 0 Å². The minimum atomic E-state index is -0.362. The first-order valence-corrected chi connectivity index (χ1v) is 7.32. The number of hydrogen-bond donors (Lipinski definition) is 1. The second-order valence-electron chi connectivity index (χ2n) is 5.60. The summed E-state index contributed by atoms with van der Waals surface area (Å²) in [6.45, 7) is 3.85. The lowest BCUT2D eigenvalue weighted by Gasteiger charge is -2.10. The molecule has 2 aromatic carbocycles. The molecule has 0 aliphatic heterocycles. The third kappa shape index (κ3) is 2.75. The van der Waals surface area contributed by atoms with Crippen LogP contribution in [0, 0.1) is 13.8 Å². The fourth-order valence-corrected chi connectivity index (χ4v) is 2.75. The van der Waals surface area contributed by atoms with Gasteiger partial charge in [0.2, 0.25) is 0 Å². The van der Waals surface area contributed by atoms with Gasteiger partial charge in [-0.25, -0.2) is 4.79 Å². The summed E-state index contributed by atoms with van der Waals surface area (Å²) in [5.74, 6) is -0.362. The van der Waals surface area contributed by atoms with Gasteiger partial charge in [-0.15, -0.1) is 0 Å². The number of H-pyrrole nitrogens is 1. The standard InChI is InChI=1S/C19H17NO3/c1-11-4-5-14(19(22)23-3)10-17(11)13-6-7-16-15(9-13)8-12(2)20-18(16)21/h4-10H,1-3H3,(H,20,21). The van der Waals surface area contributed by atoms with Gasteiger partial charge in [-0.2, -0.15) is 0 Å². The highest BCUT2D eigenvalue weighted by Crippen LogP contribution is 2.27. The van der Waals surface area contributed by atoms with Crippen molar-refractivity contribution in [2.75, 3.05) is 7.11 Å². The number of pyridine rings is 1. The Labute approximate surface area is 133 Å². The van der Waals surface area contributed by atoms with Crippen molar-refractivity contribution in [3.05, 3.63) is 69.6 Å². The van der Waals surface area contributed by atoms with Crippen LogP contribution in [0.4, 0.5) is 0 Å². The van der Waals surface area contributed by atoms with E-state index in [2.05, 4.69) is 4.98 Å². The number of fused-ring (bicyclic) bond motifs is 1. The number of carbonyl (C=O) groups is 1. The lowest BCUT2D eigenvalue weighted by Crippen LogP contribution is -2.07. The number of aryl methyl sites for hydroxylation is 2. The van der Waals surface area contributed by atoms with Crippen molar-refractivity contribution in [3.63, 3.8) is 0 Å². The number of aromatic nitrogens is 1. The van der Waals surface area contributed by atoms with Crippen LogP contribution in [0.3, 0.4) is 0 Å². The largest absolute Gasteiger partial charge is 0.465 e. The zero-order valence-electron chi connectivity index (χ0n) is 13.3. The number of esters is 1. The second-order valence-corrected chi connectivity index (χ2v) is 5.60. The average molecular weight is 307 g/mol. The Bertz CT molecular complexity index is 970. The molecule has 3 aromatic rings. The third-order valence-electron chi connectivity index (χ3n) is 3.95. The van der Waals surface area contributed by atoms with Crippen molar-refractivity contribution in [2.24, 2.45) is 0 Å². The number of methoxy groups -OCH3 is 1. The number of benzene rings is 2. The Morgan fingerprint density at radius 1 is 1.04 bits per heavy atom. The van der Waals surface area contributed by atoms with Gasteiger partial charge in [-0.3, -0.25) is 4.79 Å². The van der Waals surface area contributed by atoms with Gasteiger partial charge in [0.1, 0.15) is 0 Å². The lowest BCUT2D eigenvalue weighted by molar-refractivity contribution is 0.0601. The van der Waals surface area contributed by atoms with Gasteiger partial charge >= 0.3 is 5.97 Å². The first-order chi connectivity index (χ1) is 11.0. The monoisotopic (exact) mass is 307 g/mol. The van der Waals surface area contributed by atoms with Gasteiger partial charge in [-0.05, 0) is 66.3 Å². The van der Waals surface area contributed by atoms with Crippen molar-refractivity contribution in [1.82, 2.24) is 4.98 Å². The highest BCUT2D eigenvalue weighted by Gasteiger charge is 2.10. The highest BCUT2D eigenvalue weighted by molar-refractivity contribution is 5.93. The van der Waals surface area contributed by atoms with Gasteiger partial charge in [0.25, 0.3) is 5.56 Å². The van der Waals surface area contributed by atoms with Gasteiger partial charge in [0, 0.05) is 11.1 Å². The van der Waals surface area contributed by atoms with Gasteiger partial charge in [0.15, 0.2) is 0 Å². The summed E-state index contributed by atoms with van der Waals surface area (Å²) in [5.41, 5.74) is 4.21. The van der Waals surface area contributed by atoms with E-state index in [4.69, 9.17) is 4.74 Å². The molecule has 0 aliphatic rings. The van der Waals surface area contributed by atoms with Crippen LogP contribution in [0.5, 0.6) is 0 Å². The van der Waals surface area contributed by atoms with Crippen LogP contribution in [-0.4, -0.2) is 18.1 Å². The molecule has 0 unspecified atom stereocenters. The molecule has 0 amide bonds. The molecule has 1 aromatic heterocycles. The van der Waals surface area contributed by atoms with Crippen molar-refractivity contribution >= 4 is 16.7 Å². The third-order valence-corrected chi connectivity index (χ3v) is 3.95. The van der Waals surface area contributed by atoms with E-state index in [9.17, 15) is 9.59 Å². The highest BCUT2D eigenvalue weighted by atomic mass is 16.5. The minimum Gasteiger partial charge on any atom is -0.465 e. The van der Waals surface area contributed by atoms with E-state index in [1.807, 2.05) is 50.2 Å². The minimum absolute atomic E-state index is 0.0911. The molecule has 116 valence electrons. The molecule has 0 saturated heterocycles. The van der Waals surface area contributed by atoms with E-state index in [-0.39, 0.29) is 11.5 Å². The maximum absolute atomic E-state index is 12.0. The van der Waals surface area contributed by atoms with Gasteiger partial charge < -0.3 is 9.72 Å².